The van der Waals surface area contributed by atoms with E-state index in [1.165, 1.54) is 12.1 Å². The van der Waals surface area contributed by atoms with Crippen molar-refractivity contribution in [3.63, 3.8) is 0 Å². The molecular formula is C23H24FN5O3. The van der Waals surface area contributed by atoms with Crippen LogP contribution < -0.4 is 10.6 Å². The Morgan fingerprint density at radius 1 is 1.19 bits per heavy atom. The molecule has 1 unspecified atom stereocenters. The molecule has 9 heteroatoms. The predicted molar refractivity (Wildman–Crippen MR) is 116 cm³/mol. The molecule has 0 spiro atoms. The van der Waals surface area contributed by atoms with Crippen molar-refractivity contribution < 1.29 is 18.8 Å². The molecule has 3 aromatic rings. The van der Waals surface area contributed by atoms with Crippen molar-refractivity contribution in [1.29, 1.82) is 0 Å². The van der Waals surface area contributed by atoms with Gasteiger partial charge in [-0.05, 0) is 37.6 Å². The number of hydrogen-bond donors (Lipinski definition) is 2. The number of imidazole rings is 1. The lowest BCUT2D eigenvalue weighted by Crippen LogP contribution is -2.43. The molecule has 2 heterocycles. The summed E-state index contributed by atoms with van der Waals surface area (Å²) in [6.07, 6.45) is 0.416. The molecule has 0 bridgehead atoms. The summed E-state index contributed by atoms with van der Waals surface area (Å²) in [6.45, 7) is 3.45. The summed E-state index contributed by atoms with van der Waals surface area (Å²) in [5.41, 5.74) is 1.82. The lowest BCUT2D eigenvalue weighted by Gasteiger charge is -2.22. The van der Waals surface area contributed by atoms with Crippen LogP contribution in [0.5, 0.6) is 0 Å². The number of nitrogens with one attached hydrogen (secondary N) is 2. The van der Waals surface area contributed by atoms with Crippen LogP contribution in [0.15, 0.2) is 42.5 Å². The van der Waals surface area contributed by atoms with Gasteiger partial charge in [0.05, 0.1) is 11.0 Å². The minimum absolute atomic E-state index is 0.261. The SMILES string of the molecule is Cc1ccc(C2(C)NC(=O)N(CC(=O)NCCc3nc4ccc(F)cc4n3C)C2=O)cc1. The van der Waals surface area contributed by atoms with Gasteiger partial charge in [-0.3, -0.25) is 14.5 Å². The van der Waals surface area contributed by atoms with Crippen LogP contribution in [0.3, 0.4) is 0 Å². The van der Waals surface area contributed by atoms with Crippen molar-refractivity contribution in [2.24, 2.45) is 7.05 Å². The number of carbonyl (C=O) groups is 3. The van der Waals surface area contributed by atoms with Crippen LogP contribution in [0.25, 0.3) is 11.0 Å². The second kappa shape index (κ2) is 8.07. The average molecular weight is 437 g/mol. The molecule has 1 aliphatic rings. The number of aromatic nitrogens is 2. The number of fused-ring (bicyclic) bond motifs is 1. The molecule has 4 amide bonds. The molecule has 0 saturated carbocycles. The molecule has 1 aromatic heterocycles. The van der Waals surface area contributed by atoms with E-state index in [-0.39, 0.29) is 18.9 Å². The molecule has 0 radical (unpaired) electrons. The maximum absolute atomic E-state index is 13.5. The Morgan fingerprint density at radius 3 is 2.62 bits per heavy atom. The van der Waals surface area contributed by atoms with Gasteiger partial charge >= 0.3 is 6.03 Å². The smallest absolute Gasteiger partial charge is 0.325 e. The second-order valence-corrected chi connectivity index (χ2v) is 8.13. The lowest BCUT2D eigenvalue weighted by atomic mass is 9.91. The molecule has 1 atom stereocenters. The number of urea groups is 1. The quantitative estimate of drug-likeness (QED) is 0.578. The molecule has 2 aromatic carbocycles. The summed E-state index contributed by atoms with van der Waals surface area (Å²) in [4.78, 5) is 43.1. The van der Waals surface area contributed by atoms with Crippen molar-refractivity contribution in [1.82, 2.24) is 25.1 Å². The molecule has 1 aliphatic heterocycles. The Kier molecular flexibility index (Phi) is 5.41. The Balaban J connectivity index is 1.37. The summed E-state index contributed by atoms with van der Waals surface area (Å²) in [5.74, 6) is -0.579. The summed E-state index contributed by atoms with van der Waals surface area (Å²) >= 11 is 0. The zero-order chi connectivity index (χ0) is 23.0. The first-order valence-electron chi connectivity index (χ1n) is 10.3. The maximum Gasteiger partial charge on any atom is 0.325 e. The Hall–Kier alpha value is -3.75. The molecule has 166 valence electrons. The van der Waals surface area contributed by atoms with E-state index in [1.54, 1.807) is 36.7 Å². The minimum atomic E-state index is -1.21. The molecule has 1 fully saturated rings. The van der Waals surface area contributed by atoms with Gasteiger partial charge < -0.3 is 15.2 Å². The van der Waals surface area contributed by atoms with E-state index in [0.29, 0.717) is 28.8 Å². The number of benzene rings is 2. The zero-order valence-electron chi connectivity index (χ0n) is 18.1. The van der Waals surface area contributed by atoms with Crippen molar-refractivity contribution in [2.45, 2.75) is 25.8 Å². The highest BCUT2D eigenvalue weighted by Gasteiger charge is 2.49. The third kappa shape index (κ3) is 3.81. The van der Waals surface area contributed by atoms with Crippen LogP contribution in [0.2, 0.25) is 0 Å². The standard InChI is InChI=1S/C23H24FN5O3/c1-14-4-6-15(7-5-14)23(2)21(31)29(22(32)27-23)13-20(30)25-11-10-19-26-17-9-8-16(24)12-18(17)28(19)3/h4-9,12H,10-11,13H2,1-3H3,(H,25,30)(H,27,32). The number of hydrogen-bond acceptors (Lipinski definition) is 4. The number of nitrogens with zero attached hydrogens (tertiary/aromatic N) is 3. The number of halogens is 1. The largest absolute Gasteiger partial charge is 0.354 e. The molecule has 32 heavy (non-hydrogen) atoms. The summed E-state index contributed by atoms with van der Waals surface area (Å²) in [7, 11) is 1.78. The Labute approximate surface area is 184 Å². The van der Waals surface area contributed by atoms with Gasteiger partial charge in [0.1, 0.15) is 23.7 Å². The Bertz CT molecular complexity index is 1220. The van der Waals surface area contributed by atoms with Gasteiger partial charge in [0.15, 0.2) is 0 Å². The van der Waals surface area contributed by atoms with E-state index in [9.17, 15) is 18.8 Å². The highest BCUT2D eigenvalue weighted by Crippen LogP contribution is 2.28. The number of aryl methyl sites for hydroxylation is 2. The second-order valence-electron chi connectivity index (χ2n) is 8.13. The van der Waals surface area contributed by atoms with Gasteiger partial charge in [0.25, 0.3) is 5.91 Å². The highest BCUT2D eigenvalue weighted by molar-refractivity contribution is 6.09. The zero-order valence-corrected chi connectivity index (χ0v) is 18.1. The average Bonchev–Trinajstić information content (AvgIpc) is 3.17. The van der Waals surface area contributed by atoms with Crippen molar-refractivity contribution in [3.05, 3.63) is 65.2 Å². The van der Waals surface area contributed by atoms with Crippen LogP contribution in [-0.4, -0.2) is 45.4 Å². The van der Waals surface area contributed by atoms with Crippen molar-refractivity contribution >= 4 is 28.9 Å². The fraction of sp³-hybridized carbons (Fsp3) is 0.304. The van der Waals surface area contributed by atoms with Crippen LogP contribution in [0.1, 0.15) is 23.9 Å². The third-order valence-electron chi connectivity index (χ3n) is 5.81. The highest BCUT2D eigenvalue weighted by atomic mass is 19.1. The predicted octanol–water partition coefficient (Wildman–Crippen LogP) is 2.15. The summed E-state index contributed by atoms with van der Waals surface area (Å²) in [6, 6.07) is 11.1. The molecule has 0 aliphatic carbocycles. The number of amides is 4. The van der Waals surface area contributed by atoms with E-state index < -0.39 is 23.4 Å². The van der Waals surface area contributed by atoms with E-state index >= 15 is 0 Å². The van der Waals surface area contributed by atoms with Crippen LogP contribution in [0.4, 0.5) is 9.18 Å². The summed E-state index contributed by atoms with van der Waals surface area (Å²) in [5, 5.41) is 5.41. The van der Waals surface area contributed by atoms with Gasteiger partial charge in [0, 0.05) is 20.0 Å². The fourth-order valence-electron chi connectivity index (χ4n) is 3.87. The first-order valence-corrected chi connectivity index (χ1v) is 10.3. The Morgan fingerprint density at radius 2 is 1.91 bits per heavy atom. The first-order chi connectivity index (χ1) is 15.2. The monoisotopic (exact) mass is 437 g/mol. The minimum Gasteiger partial charge on any atom is -0.354 e. The maximum atomic E-state index is 13.5. The molecular weight excluding hydrogens is 413 g/mol. The fourth-order valence-corrected chi connectivity index (χ4v) is 3.87. The normalized spacial score (nSPS) is 18.3. The molecule has 1 saturated heterocycles. The van der Waals surface area contributed by atoms with Gasteiger partial charge in [-0.2, -0.15) is 0 Å². The van der Waals surface area contributed by atoms with Crippen molar-refractivity contribution in [3.8, 4) is 0 Å². The lowest BCUT2D eigenvalue weighted by molar-refractivity contribution is -0.134. The topological polar surface area (TPSA) is 96.3 Å². The summed E-state index contributed by atoms with van der Waals surface area (Å²) < 4.78 is 15.2. The van der Waals surface area contributed by atoms with E-state index in [2.05, 4.69) is 15.6 Å². The number of imide groups is 1. The number of carbonyl (C=O) groups excluding carboxylic acids is 3. The van der Waals surface area contributed by atoms with E-state index in [4.69, 9.17) is 0 Å². The van der Waals surface area contributed by atoms with Gasteiger partial charge in [-0.15, -0.1) is 0 Å². The van der Waals surface area contributed by atoms with Gasteiger partial charge in [-0.1, -0.05) is 29.8 Å². The van der Waals surface area contributed by atoms with Crippen LogP contribution in [-0.2, 0) is 28.6 Å². The van der Waals surface area contributed by atoms with E-state index in [1.807, 2.05) is 19.1 Å². The molecule has 4 rings (SSSR count). The van der Waals surface area contributed by atoms with Crippen molar-refractivity contribution in [2.75, 3.05) is 13.1 Å². The van der Waals surface area contributed by atoms with E-state index in [0.717, 1.165) is 10.5 Å². The van der Waals surface area contributed by atoms with Crippen LogP contribution >= 0.6 is 0 Å². The van der Waals surface area contributed by atoms with Crippen LogP contribution in [0, 0.1) is 12.7 Å². The van der Waals surface area contributed by atoms with Gasteiger partial charge in [0.2, 0.25) is 5.91 Å². The third-order valence-corrected chi connectivity index (χ3v) is 5.81. The molecule has 2 N–H and O–H groups in total. The number of rotatable bonds is 6. The van der Waals surface area contributed by atoms with Gasteiger partial charge in [-0.25, -0.2) is 14.2 Å². The first kappa shape index (κ1) is 21.5. The molecule has 8 nitrogen and oxygen atoms in total.